The number of pyridine rings is 1. The van der Waals surface area contributed by atoms with Gasteiger partial charge in [-0.2, -0.15) is 10.4 Å². The van der Waals surface area contributed by atoms with E-state index < -0.39 is 12.5 Å². The Morgan fingerprint density at radius 1 is 1.31 bits per heavy atom. The van der Waals surface area contributed by atoms with E-state index in [0.29, 0.717) is 27.7 Å². The molecule has 0 aliphatic heterocycles. The van der Waals surface area contributed by atoms with Crippen molar-refractivity contribution in [1.29, 1.82) is 5.26 Å². The van der Waals surface area contributed by atoms with Crippen molar-refractivity contribution in [2.45, 2.75) is 52.1 Å². The highest BCUT2D eigenvalue weighted by atomic mass is 32.1. The van der Waals surface area contributed by atoms with Crippen molar-refractivity contribution in [2.75, 3.05) is 5.32 Å². The zero-order valence-electron chi connectivity index (χ0n) is 21.0. The number of aromatic nitrogens is 5. The first-order chi connectivity index (χ1) is 16.5. The summed E-state index contributed by atoms with van der Waals surface area (Å²) in [5.41, 5.74) is 2.57. The number of fused-ring (bicyclic) bond motifs is 1. The van der Waals surface area contributed by atoms with E-state index in [2.05, 4.69) is 31.7 Å². The van der Waals surface area contributed by atoms with E-state index in [9.17, 15) is 5.11 Å². The lowest BCUT2D eigenvalue weighted by Crippen LogP contribution is -2.19. The topological polar surface area (TPSA) is 112 Å². The normalized spacial score (nSPS) is 15.1. The predicted octanol–water partition coefficient (Wildman–Crippen LogP) is 4.31. The maximum atomic E-state index is 10.3. The molecule has 0 saturated carbocycles. The number of aryl methyl sites for hydroxylation is 1. The number of aliphatic hydroxyl groups is 1. The molecule has 32 heavy (non-hydrogen) atoms. The van der Waals surface area contributed by atoms with Gasteiger partial charge in [-0.1, -0.05) is 11.3 Å². The zero-order chi connectivity index (χ0) is 25.4. The molecule has 0 spiro atoms. The van der Waals surface area contributed by atoms with Gasteiger partial charge < -0.3 is 10.4 Å². The minimum absolute atomic E-state index is 0.0498. The number of anilines is 1. The quantitative estimate of drug-likeness (QED) is 0.431. The van der Waals surface area contributed by atoms with Crippen molar-refractivity contribution in [3.8, 4) is 28.0 Å². The number of nitrogens with zero attached hydrogens (tertiary/aromatic N) is 6. The maximum Gasteiger partial charge on any atom is 0.151 e. The summed E-state index contributed by atoms with van der Waals surface area (Å²) < 4.78 is 24.2. The largest absolute Gasteiger partial charge is 0.390 e. The molecule has 164 valence electrons. The molecule has 8 nitrogen and oxygen atoms in total. The van der Waals surface area contributed by atoms with Gasteiger partial charge in [0.2, 0.25) is 0 Å². The molecule has 4 heterocycles. The lowest BCUT2D eigenvalue weighted by molar-refractivity contribution is 0.0713. The Labute approximate surface area is 194 Å². The fourth-order valence-electron chi connectivity index (χ4n) is 3.26. The van der Waals surface area contributed by atoms with Crippen molar-refractivity contribution in [1.82, 2.24) is 24.8 Å². The van der Waals surface area contributed by atoms with Crippen LogP contribution in [-0.4, -0.2) is 41.5 Å². The summed E-state index contributed by atoms with van der Waals surface area (Å²) in [7, 11) is 0. The van der Waals surface area contributed by atoms with Gasteiger partial charge in [0.15, 0.2) is 5.01 Å². The molecule has 0 radical (unpaired) electrons. The highest BCUT2D eigenvalue weighted by Crippen LogP contribution is 2.34. The summed E-state index contributed by atoms with van der Waals surface area (Å²) >= 11 is 1.34. The Morgan fingerprint density at radius 3 is 2.91 bits per heavy atom. The van der Waals surface area contributed by atoms with Crippen molar-refractivity contribution < 1.29 is 9.22 Å². The monoisotopic (exact) mass is 450 g/mol. The van der Waals surface area contributed by atoms with Crippen LogP contribution in [0.1, 0.15) is 48.7 Å². The average molecular weight is 451 g/mol. The second kappa shape index (κ2) is 8.65. The molecule has 1 unspecified atom stereocenters. The van der Waals surface area contributed by atoms with Crippen molar-refractivity contribution >= 4 is 22.5 Å². The van der Waals surface area contributed by atoms with Gasteiger partial charge in [0.1, 0.15) is 11.1 Å². The van der Waals surface area contributed by atoms with Gasteiger partial charge >= 0.3 is 0 Å². The number of nitriles is 1. The van der Waals surface area contributed by atoms with Gasteiger partial charge in [-0.3, -0.25) is 4.98 Å². The maximum absolute atomic E-state index is 10.3. The molecule has 4 aromatic rings. The van der Waals surface area contributed by atoms with E-state index in [-0.39, 0.29) is 12.5 Å². The van der Waals surface area contributed by atoms with Gasteiger partial charge in [-0.15, -0.1) is 10.2 Å². The summed E-state index contributed by atoms with van der Waals surface area (Å²) in [4.78, 5) is 4.64. The lowest BCUT2D eigenvalue weighted by atomic mass is 10.0. The van der Waals surface area contributed by atoms with Crippen molar-refractivity contribution in [2.24, 2.45) is 0 Å². The van der Waals surface area contributed by atoms with Crippen LogP contribution in [0.2, 0.25) is 0 Å². The fourth-order valence-corrected chi connectivity index (χ4v) is 4.13. The smallest absolute Gasteiger partial charge is 0.151 e. The number of hydrogen-bond donors (Lipinski definition) is 2. The molecule has 1 atom stereocenters. The molecule has 0 aliphatic carbocycles. The molecule has 0 bridgehead atoms. The summed E-state index contributed by atoms with van der Waals surface area (Å²) in [6.45, 7) is 2.91. The van der Waals surface area contributed by atoms with E-state index in [4.69, 9.17) is 9.37 Å². The Bertz CT molecular complexity index is 1400. The molecule has 0 amide bonds. The van der Waals surface area contributed by atoms with Crippen LogP contribution in [-0.2, 0) is 6.42 Å². The zero-order valence-corrected chi connectivity index (χ0v) is 18.8. The Balaban J connectivity index is 1.65. The molecule has 0 aromatic carbocycles. The third-order valence-corrected chi connectivity index (χ3v) is 5.78. The third-order valence-electron chi connectivity index (χ3n) is 4.76. The van der Waals surface area contributed by atoms with Crippen LogP contribution in [0.3, 0.4) is 0 Å². The molecule has 2 N–H and O–H groups in total. The average Bonchev–Trinajstić information content (AvgIpc) is 3.43. The highest BCUT2D eigenvalue weighted by molar-refractivity contribution is 7.14. The van der Waals surface area contributed by atoms with Crippen LogP contribution in [0.25, 0.3) is 27.5 Å². The molecule has 0 fully saturated rings. The predicted molar refractivity (Wildman–Crippen MR) is 125 cm³/mol. The van der Waals surface area contributed by atoms with Gasteiger partial charge in [-0.05, 0) is 58.3 Å². The molecule has 4 aromatic heterocycles. The number of rotatable bonds is 7. The molecular formula is C23H25N7OS. The summed E-state index contributed by atoms with van der Waals surface area (Å²) in [6, 6.07) is 9.73. The van der Waals surface area contributed by atoms with E-state index in [1.807, 2.05) is 32.0 Å². The number of hydrogen-bond acceptors (Lipinski definition) is 8. The van der Waals surface area contributed by atoms with E-state index in [1.165, 1.54) is 24.5 Å². The molecule has 9 heteroatoms. The highest BCUT2D eigenvalue weighted by Gasteiger charge is 2.18. The first-order valence-electron chi connectivity index (χ1n) is 11.7. The van der Waals surface area contributed by atoms with E-state index in [1.54, 1.807) is 16.8 Å². The Kier molecular flexibility index (Phi) is 4.93. The lowest BCUT2D eigenvalue weighted by Gasteiger charge is -2.15. The minimum Gasteiger partial charge on any atom is -0.390 e. The Morgan fingerprint density at radius 2 is 2.16 bits per heavy atom. The van der Waals surface area contributed by atoms with Crippen LogP contribution in [0, 0.1) is 11.3 Å². The minimum atomic E-state index is -2.47. The van der Waals surface area contributed by atoms with Crippen LogP contribution < -0.4 is 5.32 Å². The second-order valence-electron chi connectivity index (χ2n) is 8.10. The first-order valence-corrected chi connectivity index (χ1v) is 11.0. The Hall–Kier alpha value is -3.35. The van der Waals surface area contributed by atoms with Gasteiger partial charge in [0.05, 0.1) is 39.8 Å². The number of nitrogens with one attached hydrogen (secondary N) is 1. The summed E-state index contributed by atoms with van der Waals surface area (Å²) in [5.74, 6) is 0. The van der Waals surface area contributed by atoms with E-state index >= 15 is 0 Å². The molecule has 0 aliphatic rings. The fraction of sp³-hybridized carbons (Fsp3) is 0.348. The van der Waals surface area contributed by atoms with Crippen LogP contribution in [0.15, 0.2) is 36.7 Å². The van der Waals surface area contributed by atoms with Gasteiger partial charge in [-0.25, -0.2) is 4.52 Å². The summed E-state index contributed by atoms with van der Waals surface area (Å²) in [6.07, 6.45) is 3.60. The molecule has 0 saturated heterocycles. The van der Waals surface area contributed by atoms with Crippen LogP contribution in [0.5, 0.6) is 0 Å². The molecular weight excluding hydrogens is 422 g/mol. The first kappa shape index (κ1) is 18.2. The van der Waals surface area contributed by atoms with Crippen LogP contribution in [0.4, 0.5) is 5.69 Å². The summed E-state index contributed by atoms with van der Waals surface area (Å²) in [5, 5.41) is 37.0. The SMILES string of the molecule is [2H]C([2H])([2H])C(C)(O)CCc1nnc(-c2cnc(-c3ccc4cc(C#N)cnn34)cc2NC(C)C)s1. The molecule has 4 rings (SSSR count). The van der Waals surface area contributed by atoms with Crippen molar-refractivity contribution in [3.05, 3.63) is 47.2 Å². The van der Waals surface area contributed by atoms with Crippen molar-refractivity contribution in [3.63, 3.8) is 0 Å². The standard InChI is InChI=1S/C23H25N7OS/c1-14(2)27-18-10-19(20-6-5-16-9-15(11-24)12-26-30(16)20)25-13-17(18)22-29-28-21(32-22)7-8-23(3,4)31/h5-6,9-10,12-14,31H,7-8H2,1-4H3,(H,25,27)/i3D3. The third kappa shape index (κ3) is 4.77. The van der Waals surface area contributed by atoms with E-state index in [0.717, 1.165) is 22.5 Å². The second-order valence-corrected chi connectivity index (χ2v) is 9.16. The van der Waals surface area contributed by atoms with Crippen LogP contribution >= 0.6 is 11.3 Å². The van der Waals surface area contributed by atoms with Gasteiger partial charge in [0, 0.05) is 28.5 Å². The van der Waals surface area contributed by atoms with Gasteiger partial charge in [0.25, 0.3) is 0 Å².